The molecule has 1 aromatic rings. The molecule has 0 saturated heterocycles. The molecular formula is C13H20IN3. The third-order valence-electron chi connectivity index (χ3n) is 2.79. The molecule has 0 bridgehead atoms. The summed E-state index contributed by atoms with van der Waals surface area (Å²) in [5, 5.41) is 6.57. The van der Waals surface area contributed by atoms with Crippen molar-refractivity contribution in [2.75, 3.05) is 13.1 Å². The molecule has 94 valence electrons. The third kappa shape index (κ3) is 4.53. The number of benzene rings is 1. The van der Waals surface area contributed by atoms with E-state index in [9.17, 15) is 0 Å². The van der Waals surface area contributed by atoms with Crippen LogP contribution in [-0.2, 0) is 13.0 Å². The first-order valence-electron chi connectivity index (χ1n) is 5.98. The van der Waals surface area contributed by atoms with E-state index in [1.807, 2.05) is 0 Å². The highest BCUT2D eigenvalue weighted by Gasteiger charge is 2.02. The van der Waals surface area contributed by atoms with Gasteiger partial charge in [0, 0.05) is 19.6 Å². The first kappa shape index (κ1) is 14.3. The molecule has 1 aromatic carbocycles. The van der Waals surface area contributed by atoms with Gasteiger partial charge >= 0.3 is 0 Å². The maximum absolute atomic E-state index is 4.37. The monoisotopic (exact) mass is 345 g/mol. The van der Waals surface area contributed by atoms with Crippen LogP contribution in [0.2, 0.25) is 0 Å². The summed E-state index contributed by atoms with van der Waals surface area (Å²) in [6, 6.07) is 8.73. The Labute approximate surface area is 120 Å². The quantitative estimate of drug-likeness (QED) is 0.825. The summed E-state index contributed by atoms with van der Waals surface area (Å²) in [6.45, 7) is 4.98. The number of nitrogens with one attached hydrogen (secondary N) is 2. The summed E-state index contributed by atoms with van der Waals surface area (Å²) >= 11 is 0. The molecule has 2 rings (SSSR count). The second-order valence-corrected chi connectivity index (χ2v) is 4.03. The molecule has 1 heterocycles. The number of nitrogens with zero attached hydrogens (tertiary/aromatic N) is 1. The van der Waals surface area contributed by atoms with E-state index in [0.717, 1.165) is 38.4 Å². The molecule has 4 heteroatoms. The molecule has 1 aliphatic rings. The van der Waals surface area contributed by atoms with Gasteiger partial charge in [0.05, 0.1) is 0 Å². The Kier molecular flexibility index (Phi) is 6.32. The maximum atomic E-state index is 4.37. The Morgan fingerprint density at radius 1 is 1.24 bits per heavy atom. The van der Waals surface area contributed by atoms with Gasteiger partial charge in [-0.15, -0.1) is 24.0 Å². The number of rotatable bonds is 3. The fourth-order valence-corrected chi connectivity index (χ4v) is 1.73. The lowest BCUT2D eigenvalue weighted by atomic mass is 10.1. The van der Waals surface area contributed by atoms with Crippen molar-refractivity contribution in [2.45, 2.75) is 26.3 Å². The largest absolute Gasteiger partial charge is 0.356 e. The molecule has 0 saturated carbocycles. The Morgan fingerprint density at radius 3 is 2.53 bits per heavy atom. The van der Waals surface area contributed by atoms with E-state index >= 15 is 0 Å². The minimum atomic E-state index is 0. The van der Waals surface area contributed by atoms with Crippen molar-refractivity contribution in [3.8, 4) is 0 Å². The van der Waals surface area contributed by atoms with Gasteiger partial charge in [0.2, 0.25) is 0 Å². The molecular weight excluding hydrogens is 325 g/mol. The van der Waals surface area contributed by atoms with Gasteiger partial charge in [-0.2, -0.15) is 0 Å². The van der Waals surface area contributed by atoms with Gasteiger partial charge in [-0.3, -0.25) is 4.99 Å². The smallest absolute Gasteiger partial charge is 0.191 e. The zero-order chi connectivity index (χ0) is 11.2. The number of halogens is 1. The topological polar surface area (TPSA) is 36.4 Å². The molecule has 0 aromatic heterocycles. The number of guanidine groups is 1. The van der Waals surface area contributed by atoms with E-state index in [0.29, 0.717) is 0 Å². The van der Waals surface area contributed by atoms with E-state index in [1.54, 1.807) is 0 Å². The van der Waals surface area contributed by atoms with Crippen molar-refractivity contribution in [3.63, 3.8) is 0 Å². The molecule has 1 aliphatic heterocycles. The fraction of sp³-hybridized carbons (Fsp3) is 0.462. The summed E-state index contributed by atoms with van der Waals surface area (Å²) in [5.41, 5.74) is 2.68. The van der Waals surface area contributed by atoms with Crippen molar-refractivity contribution in [2.24, 2.45) is 4.99 Å². The van der Waals surface area contributed by atoms with Crippen LogP contribution in [0.1, 0.15) is 24.5 Å². The molecule has 17 heavy (non-hydrogen) atoms. The molecule has 0 spiro atoms. The van der Waals surface area contributed by atoms with Crippen molar-refractivity contribution in [1.82, 2.24) is 10.6 Å². The fourth-order valence-electron chi connectivity index (χ4n) is 1.73. The summed E-state index contributed by atoms with van der Waals surface area (Å²) in [4.78, 5) is 4.37. The number of aliphatic imine (C=N–C) groups is 1. The van der Waals surface area contributed by atoms with Gasteiger partial charge < -0.3 is 10.6 Å². The normalized spacial score (nSPS) is 14.3. The predicted octanol–water partition coefficient (Wildman–Crippen LogP) is 2.31. The first-order valence-corrected chi connectivity index (χ1v) is 5.98. The van der Waals surface area contributed by atoms with Crippen LogP contribution >= 0.6 is 24.0 Å². The van der Waals surface area contributed by atoms with Crippen LogP contribution in [0.25, 0.3) is 0 Å². The molecule has 2 N–H and O–H groups in total. The standard InChI is InChI=1S/C13H19N3.HI/c1-2-11-4-6-12(7-5-11)10-16-13-14-8-3-9-15-13;/h4-7H,2-3,8-10H2,1H3,(H2,14,15,16);1H. The highest BCUT2D eigenvalue weighted by Crippen LogP contribution is 2.04. The zero-order valence-corrected chi connectivity index (χ0v) is 12.5. The first-order chi connectivity index (χ1) is 7.88. The van der Waals surface area contributed by atoms with Crippen LogP contribution in [0.15, 0.2) is 29.3 Å². The van der Waals surface area contributed by atoms with Gasteiger partial charge in [0.1, 0.15) is 0 Å². The van der Waals surface area contributed by atoms with Crippen LogP contribution in [-0.4, -0.2) is 19.0 Å². The average Bonchev–Trinajstić information content (AvgIpc) is 2.38. The van der Waals surface area contributed by atoms with Crippen molar-refractivity contribution in [3.05, 3.63) is 35.4 Å². The Balaban J connectivity index is 0.00000144. The molecule has 0 aliphatic carbocycles. The summed E-state index contributed by atoms with van der Waals surface area (Å²) in [6.07, 6.45) is 2.23. The highest BCUT2D eigenvalue weighted by molar-refractivity contribution is 14.0. The van der Waals surface area contributed by atoms with Crippen LogP contribution in [0, 0.1) is 0 Å². The average molecular weight is 345 g/mol. The van der Waals surface area contributed by atoms with Gasteiger partial charge in [-0.25, -0.2) is 0 Å². The lowest BCUT2D eigenvalue weighted by Gasteiger charge is -2.16. The second-order valence-electron chi connectivity index (χ2n) is 4.03. The van der Waals surface area contributed by atoms with Gasteiger partial charge in [-0.1, -0.05) is 31.2 Å². The lowest BCUT2D eigenvalue weighted by molar-refractivity contribution is 0.702. The summed E-state index contributed by atoms with van der Waals surface area (Å²) < 4.78 is 0. The molecule has 0 radical (unpaired) electrons. The Bertz CT molecular complexity index is 359. The van der Waals surface area contributed by atoms with Crippen molar-refractivity contribution >= 4 is 29.9 Å². The summed E-state index contributed by atoms with van der Waals surface area (Å²) in [7, 11) is 0. The number of hydrogen-bond donors (Lipinski definition) is 2. The van der Waals surface area contributed by atoms with E-state index < -0.39 is 0 Å². The SMILES string of the molecule is CCc1ccc(CNC2=NCCCN2)cc1.I. The minimum absolute atomic E-state index is 0. The van der Waals surface area contributed by atoms with E-state index in [1.165, 1.54) is 11.1 Å². The summed E-state index contributed by atoms with van der Waals surface area (Å²) in [5.74, 6) is 0.936. The second kappa shape index (κ2) is 7.53. The molecule has 3 nitrogen and oxygen atoms in total. The Hall–Kier alpha value is -0.780. The van der Waals surface area contributed by atoms with E-state index in [-0.39, 0.29) is 24.0 Å². The molecule has 0 amide bonds. The van der Waals surface area contributed by atoms with Crippen molar-refractivity contribution < 1.29 is 0 Å². The molecule has 0 fully saturated rings. The minimum Gasteiger partial charge on any atom is -0.356 e. The Morgan fingerprint density at radius 2 is 1.94 bits per heavy atom. The predicted molar refractivity (Wildman–Crippen MR) is 83.0 cm³/mol. The number of hydrogen-bond acceptors (Lipinski definition) is 3. The van der Waals surface area contributed by atoms with E-state index in [2.05, 4.69) is 46.8 Å². The van der Waals surface area contributed by atoms with Gasteiger partial charge in [-0.05, 0) is 24.0 Å². The lowest BCUT2D eigenvalue weighted by Crippen LogP contribution is -2.40. The van der Waals surface area contributed by atoms with Crippen LogP contribution < -0.4 is 10.6 Å². The zero-order valence-electron chi connectivity index (χ0n) is 10.2. The van der Waals surface area contributed by atoms with Crippen molar-refractivity contribution in [1.29, 1.82) is 0 Å². The van der Waals surface area contributed by atoms with Crippen LogP contribution in [0.3, 0.4) is 0 Å². The third-order valence-corrected chi connectivity index (χ3v) is 2.79. The number of aryl methyl sites for hydroxylation is 1. The van der Waals surface area contributed by atoms with Crippen LogP contribution in [0.4, 0.5) is 0 Å². The van der Waals surface area contributed by atoms with E-state index in [4.69, 9.17) is 0 Å². The molecule has 0 unspecified atom stereocenters. The molecule has 0 atom stereocenters. The van der Waals surface area contributed by atoms with Crippen LogP contribution in [0.5, 0.6) is 0 Å². The highest BCUT2D eigenvalue weighted by atomic mass is 127. The maximum Gasteiger partial charge on any atom is 0.191 e. The van der Waals surface area contributed by atoms with Gasteiger partial charge in [0.25, 0.3) is 0 Å². The van der Waals surface area contributed by atoms with Gasteiger partial charge in [0.15, 0.2) is 5.96 Å².